The third-order valence-corrected chi connectivity index (χ3v) is 4.85. The van der Waals surface area contributed by atoms with Gasteiger partial charge in [0.2, 0.25) is 0 Å². The van der Waals surface area contributed by atoms with Gasteiger partial charge in [-0.25, -0.2) is 4.98 Å². The fourth-order valence-electron chi connectivity index (χ4n) is 2.09. The van der Waals surface area contributed by atoms with Gasteiger partial charge in [0.05, 0.1) is 27.2 Å². The van der Waals surface area contributed by atoms with E-state index < -0.39 is 0 Å². The lowest BCUT2D eigenvalue weighted by Crippen LogP contribution is -2.41. The Labute approximate surface area is 123 Å². The average molecular weight is 288 g/mol. The minimum atomic E-state index is -0.372. The molecule has 104 valence electrons. The number of nitrogens with zero attached hydrogens (tertiary/aromatic N) is 2. The summed E-state index contributed by atoms with van der Waals surface area (Å²) < 4.78 is 13.2. The Morgan fingerprint density at radius 3 is 2.45 bits per heavy atom. The van der Waals surface area contributed by atoms with Gasteiger partial charge >= 0.3 is 7.12 Å². The Morgan fingerprint density at radius 2 is 1.85 bits per heavy atom. The first-order valence-corrected chi connectivity index (χ1v) is 7.48. The van der Waals surface area contributed by atoms with E-state index in [9.17, 15) is 0 Å². The molecule has 2 aromatic heterocycles. The summed E-state index contributed by atoms with van der Waals surface area (Å²) in [6.07, 6.45) is 3.56. The fraction of sp³-hybridized carbons (Fsp3) is 0.429. The van der Waals surface area contributed by atoms with Gasteiger partial charge in [-0.3, -0.25) is 4.98 Å². The first-order valence-electron chi connectivity index (χ1n) is 6.60. The van der Waals surface area contributed by atoms with Crippen LogP contribution in [0.3, 0.4) is 0 Å². The van der Waals surface area contributed by atoms with E-state index in [1.165, 1.54) is 0 Å². The van der Waals surface area contributed by atoms with E-state index in [2.05, 4.69) is 37.7 Å². The smallest absolute Gasteiger partial charge is 0.399 e. The first kappa shape index (κ1) is 13.7. The molecular weight excluding hydrogens is 271 g/mol. The van der Waals surface area contributed by atoms with E-state index in [0.29, 0.717) is 0 Å². The minimum absolute atomic E-state index is 0.339. The zero-order chi connectivity index (χ0) is 14.4. The largest absolute Gasteiger partial charge is 0.507 e. The van der Waals surface area contributed by atoms with Crippen molar-refractivity contribution in [3.8, 4) is 11.3 Å². The lowest BCUT2D eigenvalue weighted by molar-refractivity contribution is 0.00578. The van der Waals surface area contributed by atoms with E-state index >= 15 is 0 Å². The van der Waals surface area contributed by atoms with E-state index in [-0.39, 0.29) is 18.3 Å². The van der Waals surface area contributed by atoms with Crippen molar-refractivity contribution < 1.29 is 9.31 Å². The van der Waals surface area contributed by atoms with Crippen LogP contribution < -0.4 is 4.78 Å². The highest BCUT2D eigenvalue weighted by Crippen LogP contribution is 2.37. The van der Waals surface area contributed by atoms with Gasteiger partial charge in [0.15, 0.2) is 0 Å². The Kier molecular flexibility index (Phi) is 3.19. The Hall–Kier alpha value is -1.24. The Balaban J connectivity index is 1.96. The summed E-state index contributed by atoms with van der Waals surface area (Å²) in [5.41, 5.74) is 3.02. The highest BCUT2D eigenvalue weighted by molar-refractivity contribution is 7.21. The van der Waals surface area contributed by atoms with Gasteiger partial charge < -0.3 is 9.31 Å². The predicted molar refractivity (Wildman–Crippen MR) is 81.1 cm³/mol. The fourth-order valence-corrected chi connectivity index (χ4v) is 2.85. The summed E-state index contributed by atoms with van der Waals surface area (Å²) in [6, 6.07) is 3.90. The maximum Gasteiger partial charge on any atom is 0.507 e. The molecule has 2 aromatic rings. The van der Waals surface area contributed by atoms with E-state index in [1.54, 1.807) is 17.5 Å². The van der Waals surface area contributed by atoms with Gasteiger partial charge in [-0.15, -0.1) is 11.3 Å². The van der Waals surface area contributed by atoms with Crippen LogP contribution in [0.5, 0.6) is 0 Å². The molecule has 4 nitrogen and oxygen atoms in total. The summed E-state index contributed by atoms with van der Waals surface area (Å²) in [5.74, 6) is 0. The summed E-state index contributed by atoms with van der Waals surface area (Å²) in [5, 5.41) is 0. The Bertz CT molecular complexity index is 597. The van der Waals surface area contributed by atoms with Crippen LogP contribution in [0.1, 0.15) is 27.7 Å². The topological polar surface area (TPSA) is 44.2 Å². The summed E-state index contributed by atoms with van der Waals surface area (Å²) >= 11 is 1.55. The molecule has 1 aliphatic rings. The lowest BCUT2D eigenvalue weighted by atomic mass is 9.85. The van der Waals surface area contributed by atoms with E-state index in [1.807, 2.05) is 23.8 Å². The van der Waals surface area contributed by atoms with Gasteiger partial charge in [-0.2, -0.15) is 0 Å². The number of thiazole rings is 1. The zero-order valence-corrected chi connectivity index (χ0v) is 12.9. The summed E-state index contributed by atoms with van der Waals surface area (Å²) in [7, 11) is -0.372. The molecule has 1 fully saturated rings. The van der Waals surface area contributed by atoms with Crippen LogP contribution in [0.15, 0.2) is 30.0 Å². The molecule has 20 heavy (non-hydrogen) atoms. The first-order chi connectivity index (χ1) is 9.41. The van der Waals surface area contributed by atoms with Crippen LogP contribution in [0.2, 0.25) is 0 Å². The van der Waals surface area contributed by atoms with Crippen LogP contribution >= 0.6 is 11.3 Å². The number of rotatable bonds is 2. The number of hydrogen-bond donors (Lipinski definition) is 0. The molecule has 1 saturated heterocycles. The monoisotopic (exact) mass is 288 g/mol. The van der Waals surface area contributed by atoms with Crippen molar-refractivity contribution in [3.05, 3.63) is 30.0 Å². The molecule has 0 spiro atoms. The van der Waals surface area contributed by atoms with Crippen molar-refractivity contribution in [1.29, 1.82) is 0 Å². The van der Waals surface area contributed by atoms with Crippen LogP contribution in [0, 0.1) is 0 Å². The molecule has 0 atom stereocenters. The molecule has 0 N–H and O–H groups in total. The molecule has 3 rings (SSSR count). The third-order valence-electron chi connectivity index (χ3n) is 4.00. The second-order valence-electron chi connectivity index (χ2n) is 5.90. The van der Waals surface area contributed by atoms with Crippen molar-refractivity contribution in [2.75, 3.05) is 0 Å². The van der Waals surface area contributed by atoms with Crippen molar-refractivity contribution in [3.63, 3.8) is 0 Å². The second-order valence-corrected chi connectivity index (χ2v) is 6.78. The molecule has 6 heteroatoms. The molecule has 1 aliphatic heterocycles. The Morgan fingerprint density at radius 1 is 1.15 bits per heavy atom. The van der Waals surface area contributed by atoms with Gasteiger partial charge in [0.25, 0.3) is 0 Å². The van der Waals surface area contributed by atoms with Crippen molar-refractivity contribution in [2.24, 2.45) is 0 Å². The second kappa shape index (κ2) is 4.65. The van der Waals surface area contributed by atoms with Gasteiger partial charge in [0.1, 0.15) is 0 Å². The molecule has 0 unspecified atom stereocenters. The van der Waals surface area contributed by atoms with Crippen molar-refractivity contribution >= 4 is 23.2 Å². The van der Waals surface area contributed by atoms with Gasteiger partial charge in [-0.1, -0.05) is 0 Å². The molecule has 0 saturated carbocycles. The van der Waals surface area contributed by atoms with Crippen LogP contribution in [0.4, 0.5) is 0 Å². The van der Waals surface area contributed by atoms with Gasteiger partial charge in [0, 0.05) is 18.0 Å². The molecule has 0 radical (unpaired) electrons. The van der Waals surface area contributed by atoms with Crippen molar-refractivity contribution in [1.82, 2.24) is 9.97 Å². The summed E-state index contributed by atoms with van der Waals surface area (Å²) in [4.78, 5) is 8.59. The molecule has 3 heterocycles. The van der Waals surface area contributed by atoms with E-state index in [0.717, 1.165) is 16.0 Å². The molecule has 0 bridgehead atoms. The SMILES string of the molecule is CC1(C)OB(c2scnc2-c2cccnc2)OC1(C)C. The molecule has 0 aromatic carbocycles. The lowest BCUT2D eigenvalue weighted by Gasteiger charge is -2.32. The molecule has 0 aliphatic carbocycles. The summed E-state index contributed by atoms with van der Waals surface area (Å²) in [6.45, 7) is 8.21. The highest BCUT2D eigenvalue weighted by atomic mass is 32.1. The predicted octanol–water partition coefficient (Wildman–Crippen LogP) is 2.50. The minimum Gasteiger partial charge on any atom is -0.399 e. The third kappa shape index (κ3) is 2.18. The molecule has 0 amide bonds. The maximum atomic E-state index is 6.10. The van der Waals surface area contributed by atoms with Crippen LogP contribution in [-0.4, -0.2) is 28.3 Å². The normalized spacial score (nSPS) is 20.3. The number of pyridine rings is 1. The standard InChI is InChI=1S/C14H17BN2O2S/c1-13(2)14(3,4)19-15(18-13)12-11(17-9-20-12)10-6-5-7-16-8-10/h5-9H,1-4H3. The van der Waals surface area contributed by atoms with Crippen molar-refractivity contribution in [2.45, 2.75) is 38.9 Å². The van der Waals surface area contributed by atoms with Crippen LogP contribution in [0.25, 0.3) is 11.3 Å². The van der Waals surface area contributed by atoms with Crippen LogP contribution in [-0.2, 0) is 9.31 Å². The molecular formula is C14H17BN2O2S. The maximum absolute atomic E-state index is 6.10. The number of hydrogen-bond acceptors (Lipinski definition) is 5. The number of aromatic nitrogens is 2. The zero-order valence-electron chi connectivity index (χ0n) is 12.1. The quantitative estimate of drug-likeness (QED) is 0.796. The highest BCUT2D eigenvalue weighted by Gasteiger charge is 2.53. The van der Waals surface area contributed by atoms with E-state index in [4.69, 9.17) is 9.31 Å². The van der Waals surface area contributed by atoms with Gasteiger partial charge in [-0.05, 0) is 39.8 Å². The average Bonchev–Trinajstić information content (AvgIpc) is 2.94.